The van der Waals surface area contributed by atoms with Gasteiger partial charge in [-0.15, -0.1) is 6.42 Å². The molecule has 1 fully saturated rings. The molecule has 14 heavy (non-hydrogen) atoms. The standard InChI is InChI=1S/C11H17NO2/c1-4-6-12(5-2)11(13)10-7-9(3)14-8-10/h1,9-10H,5-8H2,2-3H3. The van der Waals surface area contributed by atoms with Crippen LogP contribution in [0.4, 0.5) is 0 Å². The maximum atomic E-state index is 11.9. The lowest BCUT2D eigenvalue weighted by Crippen LogP contribution is -2.36. The van der Waals surface area contributed by atoms with Gasteiger partial charge in [0.05, 0.1) is 25.2 Å². The lowest BCUT2D eigenvalue weighted by molar-refractivity contribution is -0.134. The Morgan fingerprint density at radius 1 is 1.71 bits per heavy atom. The number of terminal acetylenes is 1. The minimum Gasteiger partial charge on any atom is -0.378 e. The van der Waals surface area contributed by atoms with Gasteiger partial charge >= 0.3 is 0 Å². The second-order valence-corrected chi connectivity index (χ2v) is 3.63. The van der Waals surface area contributed by atoms with Crippen molar-refractivity contribution in [1.82, 2.24) is 4.90 Å². The van der Waals surface area contributed by atoms with Gasteiger partial charge < -0.3 is 9.64 Å². The van der Waals surface area contributed by atoms with Crippen molar-refractivity contribution in [2.75, 3.05) is 19.7 Å². The van der Waals surface area contributed by atoms with E-state index >= 15 is 0 Å². The topological polar surface area (TPSA) is 29.5 Å². The number of carbonyl (C=O) groups is 1. The lowest BCUT2D eigenvalue weighted by atomic mass is 10.0. The second-order valence-electron chi connectivity index (χ2n) is 3.63. The summed E-state index contributed by atoms with van der Waals surface area (Å²) in [6.45, 7) is 5.55. The van der Waals surface area contributed by atoms with Gasteiger partial charge in [-0.2, -0.15) is 0 Å². The van der Waals surface area contributed by atoms with Crippen LogP contribution in [0.2, 0.25) is 0 Å². The SMILES string of the molecule is C#CCN(CC)C(=O)C1COC(C)C1. The summed E-state index contributed by atoms with van der Waals surface area (Å²) in [5.74, 6) is 2.64. The molecule has 0 aromatic heterocycles. The van der Waals surface area contributed by atoms with Crippen LogP contribution in [-0.4, -0.2) is 36.6 Å². The highest BCUT2D eigenvalue weighted by molar-refractivity contribution is 5.79. The van der Waals surface area contributed by atoms with Crippen LogP contribution in [0, 0.1) is 18.3 Å². The number of hydrogen-bond acceptors (Lipinski definition) is 2. The van der Waals surface area contributed by atoms with E-state index in [1.165, 1.54) is 0 Å². The first-order chi connectivity index (χ1) is 6.69. The number of hydrogen-bond donors (Lipinski definition) is 0. The van der Waals surface area contributed by atoms with Crippen molar-refractivity contribution in [1.29, 1.82) is 0 Å². The minimum absolute atomic E-state index is 0.0123. The molecule has 1 heterocycles. The number of nitrogens with zero attached hydrogens (tertiary/aromatic N) is 1. The number of ether oxygens (including phenoxy) is 1. The molecule has 2 unspecified atom stereocenters. The zero-order chi connectivity index (χ0) is 10.6. The summed E-state index contributed by atoms with van der Waals surface area (Å²) in [5, 5.41) is 0. The first-order valence-corrected chi connectivity index (χ1v) is 5.02. The van der Waals surface area contributed by atoms with Gasteiger partial charge in [0.15, 0.2) is 0 Å². The molecular weight excluding hydrogens is 178 g/mol. The Kier molecular flexibility index (Phi) is 3.97. The summed E-state index contributed by atoms with van der Waals surface area (Å²) in [5.41, 5.74) is 0. The Bertz CT molecular complexity index is 244. The molecule has 0 aromatic carbocycles. The van der Waals surface area contributed by atoms with E-state index < -0.39 is 0 Å². The summed E-state index contributed by atoms with van der Waals surface area (Å²) < 4.78 is 5.36. The maximum absolute atomic E-state index is 11.9. The Balaban J connectivity index is 2.51. The van der Waals surface area contributed by atoms with Gasteiger partial charge in [-0.25, -0.2) is 0 Å². The largest absolute Gasteiger partial charge is 0.378 e. The zero-order valence-corrected chi connectivity index (χ0v) is 8.82. The molecule has 1 saturated heterocycles. The van der Waals surface area contributed by atoms with Gasteiger partial charge in [0.25, 0.3) is 0 Å². The first-order valence-electron chi connectivity index (χ1n) is 5.02. The van der Waals surface area contributed by atoms with E-state index in [0.717, 1.165) is 6.42 Å². The molecule has 1 aliphatic heterocycles. The minimum atomic E-state index is 0.0123. The maximum Gasteiger partial charge on any atom is 0.228 e. The molecule has 3 nitrogen and oxygen atoms in total. The third-order valence-corrected chi connectivity index (χ3v) is 2.52. The fourth-order valence-corrected chi connectivity index (χ4v) is 1.70. The molecule has 0 spiro atoms. The predicted octanol–water partition coefficient (Wildman–Crippen LogP) is 0.893. The molecule has 0 N–H and O–H groups in total. The molecule has 0 saturated carbocycles. The van der Waals surface area contributed by atoms with Gasteiger partial charge in [-0.1, -0.05) is 5.92 Å². The van der Waals surface area contributed by atoms with Crippen LogP contribution in [0.3, 0.4) is 0 Å². The summed E-state index contributed by atoms with van der Waals surface area (Å²) in [4.78, 5) is 13.6. The van der Waals surface area contributed by atoms with Crippen LogP contribution < -0.4 is 0 Å². The van der Waals surface area contributed by atoms with E-state index in [0.29, 0.717) is 19.7 Å². The van der Waals surface area contributed by atoms with E-state index in [2.05, 4.69) is 5.92 Å². The van der Waals surface area contributed by atoms with Crippen molar-refractivity contribution in [3.05, 3.63) is 0 Å². The quantitative estimate of drug-likeness (QED) is 0.626. The highest BCUT2D eigenvalue weighted by Crippen LogP contribution is 2.20. The Morgan fingerprint density at radius 3 is 2.86 bits per heavy atom. The van der Waals surface area contributed by atoms with Gasteiger partial charge in [0.1, 0.15) is 0 Å². The van der Waals surface area contributed by atoms with Crippen molar-refractivity contribution < 1.29 is 9.53 Å². The average molecular weight is 195 g/mol. The van der Waals surface area contributed by atoms with Crippen LogP contribution in [0.15, 0.2) is 0 Å². The van der Waals surface area contributed by atoms with E-state index in [-0.39, 0.29) is 17.9 Å². The monoisotopic (exact) mass is 195 g/mol. The Labute approximate surface area is 85.4 Å². The molecule has 1 aliphatic rings. The summed E-state index contributed by atoms with van der Waals surface area (Å²) in [6.07, 6.45) is 6.22. The smallest absolute Gasteiger partial charge is 0.228 e. The third-order valence-electron chi connectivity index (χ3n) is 2.52. The van der Waals surface area contributed by atoms with Gasteiger partial charge in [0.2, 0.25) is 5.91 Å². The fourth-order valence-electron chi connectivity index (χ4n) is 1.70. The normalized spacial score (nSPS) is 25.8. The van der Waals surface area contributed by atoms with Gasteiger partial charge in [-0.05, 0) is 20.3 Å². The molecule has 0 aromatic rings. The van der Waals surface area contributed by atoms with Crippen molar-refractivity contribution in [2.24, 2.45) is 5.92 Å². The molecule has 0 aliphatic carbocycles. The van der Waals surface area contributed by atoms with Crippen molar-refractivity contribution in [3.63, 3.8) is 0 Å². The van der Waals surface area contributed by atoms with Crippen molar-refractivity contribution in [2.45, 2.75) is 26.4 Å². The zero-order valence-electron chi connectivity index (χ0n) is 8.82. The van der Waals surface area contributed by atoms with Crippen LogP contribution in [-0.2, 0) is 9.53 Å². The summed E-state index contributed by atoms with van der Waals surface area (Å²) >= 11 is 0. The van der Waals surface area contributed by atoms with Crippen LogP contribution in [0.25, 0.3) is 0 Å². The Morgan fingerprint density at radius 2 is 2.43 bits per heavy atom. The van der Waals surface area contributed by atoms with Crippen LogP contribution >= 0.6 is 0 Å². The Hall–Kier alpha value is -1.01. The molecule has 0 radical (unpaired) electrons. The summed E-state index contributed by atoms with van der Waals surface area (Å²) in [6, 6.07) is 0. The average Bonchev–Trinajstić information content (AvgIpc) is 2.60. The van der Waals surface area contributed by atoms with E-state index in [1.54, 1.807) is 4.90 Å². The van der Waals surface area contributed by atoms with E-state index in [4.69, 9.17) is 11.2 Å². The molecule has 3 heteroatoms. The number of amides is 1. The highest BCUT2D eigenvalue weighted by Gasteiger charge is 2.30. The van der Waals surface area contributed by atoms with E-state index in [1.807, 2.05) is 13.8 Å². The molecule has 1 rings (SSSR count). The molecule has 78 valence electrons. The molecule has 0 bridgehead atoms. The van der Waals surface area contributed by atoms with Crippen LogP contribution in [0.5, 0.6) is 0 Å². The molecular formula is C11H17NO2. The fraction of sp³-hybridized carbons (Fsp3) is 0.727. The number of carbonyl (C=O) groups excluding carboxylic acids is 1. The van der Waals surface area contributed by atoms with Crippen molar-refractivity contribution in [3.8, 4) is 12.3 Å². The second kappa shape index (κ2) is 5.02. The van der Waals surface area contributed by atoms with E-state index in [9.17, 15) is 4.79 Å². The highest BCUT2D eigenvalue weighted by atomic mass is 16.5. The molecule has 1 amide bonds. The predicted molar refractivity (Wildman–Crippen MR) is 54.6 cm³/mol. The summed E-state index contributed by atoms with van der Waals surface area (Å²) in [7, 11) is 0. The third kappa shape index (κ3) is 2.49. The van der Waals surface area contributed by atoms with Crippen molar-refractivity contribution >= 4 is 5.91 Å². The van der Waals surface area contributed by atoms with Gasteiger partial charge in [-0.3, -0.25) is 4.79 Å². The lowest BCUT2D eigenvalue weighted by Gasteiger charge is -2.20. The van der Waals surface area contributed by atoms with Gasteiger partial charge in [0, 0.05) is 6.54 Å². The molecule has 2 atom stereocenters. The first kappa shape index (κ1) is 11.1. The number of rotatable bonds is 3. The van der Waals surface area contributed by atoms with Crippen LogP contribution in [0.1, 0.15) is 20.3 Å².